The quantitative estimate of drug-likeness (QED) is 0.400. The number of hydrazine groups is 1. The van der Waals surface area contributed by atoms with Crippen molar-refractivity contribution in [2.75, 3.05) is 5.43 Å². The molecule has 4 aromatic rings. The number of fused-ring (bicyclic) bond motifs is 2. The molecule has 0 radical (unpaired) electrons. The van der Waals surface area contributed by atoms with Crippen molar-refractivity contribution in [3.8, 4) is 0 Å². The third-order valence-corrected chi connectivity index (χ3v) is 4.11. The minimum absolute atomic E-state index is 0.596. The number of hydrogen-bond acceptors (Lipinski definition) is 5. The fourth-order valence-corrected chi connectivity index (χ4v) is 3.20. The van der Waals surface area contributed by atoms with E-state index in [1.807, 2.05) is 22.7 Å². The van der Waals surface area contributed by atoms with Crippen LogP contribution in [0.4, 0.5) is 5.82 Å². The van der Waals surface area contributed by atoms with Crippen molar-refractivity contribution in [2.24, 2.45) is 5.84 Å². The van der Waals surface area contributed by atoms with Gasteiger partial charge in [-0.3, -0.25) is 0 Å². The van der Waals surface area contributed by atoms with Gasteiger partial charge in [0.25, 0.3) is 0 Å². The number of nitrogen functional groups attached to an aromatic ring is 1. The Hall–Kier alpha value is -2.51. The number of rotatable bonds is 3. The highest BCUT2D eigenvalue weighted by Crippen LogP contribution is 2.31. The second-order valence-corrected chi connectivity index (χ2v) is 5.59. The molecule has 3 heterocycles. The Morgan fingerprint density at radius 2 is 2.19 bits per heavy atom. The predicted octanol–water partition coefficient (Wildman–Crippen LogP) is 2.65. The Bertz CT molecular complexity index is 892. The molecule has 0 aliphatic rings. The number of imidazole rings is 1. The van der Waals surface area contributed by atoms with Gasteiger partial charge in [-0.15, -0.1) is 0 Å². The van der Waals surface area contributed by atoms with Crippen molar-refractivity contribution in [1.82, 2.24) is 19.4 Å². The van der Waals surface area contributed by atoms with Gasteiger partial charge in [-0.05, 0) is 23.9 Å². The third-order valence-electron chi connectivity index (χ3n) is 3.20. The molecule has 0 bridgehead atoms. The zero-order valence-electron chi connectivity index (χ0n) is 10.9. The summed E-state index contributed by atoms with van der Waals surface area (Å²) in [4.78, 5) is 12.2. The van der Waals surface area contributed by atoms with Crippen LogP contribution in [0, 0.1) is 0 Å². The number of nitrogens with one attached hydrogen (secondary N) is 2. The Labute approximate surface area is 124 Å². The van der Waals surface area contributed by atoms with E-state index < -0.39 is 0 Å². The lowest BCUT2D eigenvalue weighted by atomic mass is 10.3. The van der Waals surface area contributed by atoms with Crippen LogP contribution in [0.5, 0.6) is 0 Å². The fourth-order valence-electron chi connectivity index (χ4n) is 2.25. The first kappa shape index (κ1) is 12.2. The van der Waals surface area contributed by atoms with Gasteiger partial charge < -0.3 is 14.8 Å². The van der Waals surface area contributed by atoms with Crippen molar-refractivity contribution in [3.63, 3.8) is 0 Å². The summed E-state index contributed by atoms with van der Waals surface area (Å²) >= 11 is 1.53. The Balaban J connectivity index is 1.80. The summed E-state index contributed by atoms with van der Waals surface area (Å²) in [6.07, 6.45) is 5.41. The molecule has 104 valence electrons. The Kier molecular flexibility index (Phi) is 2.80. The lowest BCUT2D eigenvalue weighted by Gasteiger charge is -2.05. The maximum Gasteiger partial charge on any atom is 0.170 e. The minimum Gasteiger partial charge on any atom is -0.349 e. The molecule has 0 saturated heterocycles. The molecule has 0 aliphatic carbocycles. The average Bonchev–Trinajstić information content (AvgIpc) is 3.12. The number of aromatic nitrogens is 4. The van der Waals surface area contributed by atoms with Gasteiger partial charge in [0.05, 0.1) is 11.2 Å². The van der Waals surface area contributed by atoms with Gasteiger partial charge >= 0.3 is 0 Å². The van der Waals surface area contributed by atoms with Crippen molar-refractivity contribution in [1.29, 1.82) is 0 Å². The summed E-state index contributed by atoms with van der Waals surface area (Å²) < 4.78 is 1.90. The van der Waals surface area contributed by atoms with Crippen molar-refractivity contribution in [2.45, 2.75) is 10.1 Å². The number of hydrogen-bond donors (Lipinski definition) is 3. The predicted molar refractivity (Wildman–Crippen MR) is 83.2 cm³/mol. The zero-order valence-corrected chi connectivity index (χ0v) is 11.8. The molecule has 0 aliphatic heterocycles. The summed E-state index contributed by atoms with van der Waals surface area (Å²) in [6, 6.07) is 10.3. The molecule has 0 amide bonds. The summed E-state index contributed by atoms with van der Waals surface area (Å²) in [7, 11) is 0. The summed E-state index contributed by atoms with van der Waals surface area (Å²) in [5, 5.41) is 2.98. The molecule has 0 fully saturated rings. The number of H-pyrrole nitrogens is 1. The van der Waals surface area contributed by atoms with Gasteiger partial charge in [-0.25, -0.2) is 15.8 Å². The SMILES string of the molecule is NNc1cn2ccnc2c(Sc2cc3ccccc3[nH]2)n1. The first-order valence-electron chi connectivity index (χ1n) is 6.39. The molecule has 0 saturated carbocycles. The molecular formula is C14H12N6S. The Morgan fingerprint density at radius 1 is 1.29 bits per heavy atom. The van der Waals surface area contributed by atoms with Crippen LogP contribution in [0.2, 0.25) is 0 Å². The number of para-hydroxylation sites is 1. The van der Waals surface area contributed by atoms with E-state index in [0.717, 1.165) is 21.2 Å². The van der Waals surface area contributed by atoms with Gasteiger partial charge in [0, 0.05) is 23.3 Å². The highest BCUT2D eigenvalue weighted by atomic mass is 32.2. The van der Waals surface area contributed by atoms with Crippen molar-refractivity contribution >= 4 is 34.1 Å². The average molecular weight is 296 g/mol. The van der Waals surface area contributed by atoms with E-state index in [1.165, 1.54) is 17.1 Å². The highest BCUT2D eigenvalue weighted by molar-refractivity contribution is 7.99. The van der Waals surface area contributed by atoms with Gasteiger partial charge in [-0.2, -0.15) is 0 Å². The van der Waals surface area contributed by atoms with Crippen LogP contribution < -0.4 is 11.3 Å². The van der Waals surface area contributed by atoms with E-state index >= 15 is 0 Å². The van der Waals surface area contributed by atoms with Crippen molar-refractivity contribution in [3.05, 3.63) is 48.9 Å². The van der Waals surface area contributed by atoms with E-state index in [-0.39, 0.29) is 0 Å². The molecule has 6 nitrogen and oxygen atoms in total. The molecule has 7 heteroatoms. The number of anilines is 1. The molecule has 21 heavy (non-hydrogen) atoms. The number of aromatic amines is 1. The molecule has 0 atom stereocenters. The van der Waals surface area contributed by atoms with Crippen LogP contribution in [-0.2, 0) is 0 Å². The molecule has 3 aromatic heterocycles. The topological polar surface area (TPSA) is 84.0 Å². The van der Waals surface area contributed by atoms with E-state index in [1.54, 1.807) is 12.4 Å². The molecular weight excluding hydrogens is 284 g/mol. The van der Waals surface area contributed by atoms with Crippen LogP contribution in [0.15, 0.2) is 59.0 Å². The van der Waals surface area contributed by atoms with Crippen LogP contribution >= 0.6 is 11.8 Å². The van der Waals surface area contributed by atoms with Gasteiger partial charge in [0.15, 0.2) is 11.5 Å². The normalized spacial score (nSPS) is 11.3. The standard InChI is InChI=1S/C14H12N6S/c15-19-11-8-20-6-5-16-13(20)14(18-11)21-12-7-9-3-1-2-4-10(9)17-12/h1-8,17,19H,15H2. The Morgan fingerprint density at radius 3 is 3.05 bits per heavy atom. The molecule has 0 unspecified atom stereocenters. The van der Waals surface area contributed by atoms with Gasteiger partial charge in [0.1, 0.15) is 5.03 Å². The largest absolute Gasteiger partial charge is 0.349 e. The lowest BCUT2D eigenvalue weighted by Crippen LogP contribution is -2.10. The smallest absolute Gasteiger partial charge is 0.170 e. The fraction of sp³-hybridized carbons (Fsp3) is 0. The lowest BCUT2D eigenvalue weighted by molar-refractivity contribution is 1.02. The number of nitrogens with zero attached hydrogens (tertiary/aromatic N) is 3. The van der Waals surface area contributed by atoms with E-state index in [0.29, 0.717) is 5.82 Å². The van der Waals surface area contributed by atoms with Crippen LogP contribution in [0.1, 0.15) is 0 Å². The van der Waals surface area contributed by atoms with Crippen LogP contribution in [0.25, 0.3) is 16.6 Å². The molecule has 0 spiro atoms. The van der Waals surface area contributed by atoms with Crippen molar-refractivity contribution < 1.29 is 0 Å². The van der Waals surface area contributed by atoms with Crippen LogP contribution in [0.3, 0.4) is 0 Å². The second-order valence-electron chi connectivity index (χ2n) is 4.56. The van der Waals surface area contributed by atoms with E-state index in [9.17, 15) is 0 Å². The summed E-state index contributed by atoms with van der Waals surface area (Å²) in [6.45, 7) is 0. The maximum atomic E-state index is 5.47. The van der Waals surface area contributed by atoms with Gasteiger partial charge in [-0.1, -0.05) is 18.2 Å². The second kappa shape index (κ2) is 4.80. The minimum atomic E-state index is 0.596. The molecule has 4 rings (SSSR count). The summed E-state index contributed by atoms with van der Waals surface area (Å²) in [5.74, 6) is 6.07. The summed E-state index contributed by atoms with van der Waals surface area (Å²) in [5.41, 5.74) is 4.49. The number of nitrogens with two attached hydrogens (primary N) is 1. The molecule has 1 aromatic carbocycles. The first-order valence-corrected chi connectivity index (χ1v) is 7.21. The highest BCUT2D eigenvalue weighted by Gasteiger charge is 2.10. The molecule has 4 N–H and O–H groups in total. The van der Waals surface area contributed by atoms with E-state index in [4.69, 9.17) is 5.84 Å². The van der Waals surface area contributed by atoms with E-state index in [2.05, 4.69) is 38.6 Å². The monoisotopic (exact) mass is 296 g/mol. The first-order chi connectivity index (χ1) is 10.3. The maximum absolute atomic E-state index is 5.47. The number of benzene rings is 1. The van der Waals surface area contributed by atoms with Gasteiger partial charge in [0.2, 0.25) is 0 Å². The third kappa shape index (κ3) is 2.12. The zero-order chi connectivity index (χ0) is 14.2. The van der Waals surface area contributed by atoms with Crippen LogP contribution in [-0.4, -0.2) is 19.4 Å².